The Bertz CT molecular complexity index is 565. The molecule has 3 saturated heterocycles. The van der Waals surface area contributed by atoms with Gasteiger partial charge in [0.1, 0.15) is 67.1 Å². The van der Waals surface area contributed by atoms with Gasteiger partial charge in [0, 0.05) is 0 Å². The second-order valence-electron chi connectivity index (χ2n) is 7.80. The van der Waals surface area contributed by atoms with E-state index < -0.39 is 99.2 Å². The lowest BCUT2D eigenvalue weighted by Gasteiger charge is -2.45. The van der Waals surface area contributed by atoms with Crippen LogP contribution in [0, 0.1) is 0 Å². The summed E-state index contributed by atoms with van der Waals surface area (Å²) in [5.41, 5.74) is 0. The summed E-state index contributed by atoms with van der Waals surface area (Å²) in [5.74, 6) is 0. The van der Waals surface area contributed by atoms with Gasteiger partial charge in [-0.3, -0.25) is 0 Å². The molecule has 0 aromatic rings. The van der Waals surface area contributed by atoms with Gasteiger partial charge in [-0.25, -0.2) is 0 Å². The van der Waals surface area contributed by atoms with Gasteiger partial charge in [0.15, 0.2) is 18.9 Å². The van der Waals surface area contributed by atoms with Gasteiger partial charge < -0.3 is 80.2 Å². The Morgan fingerprint density at radius 2 is 1.15 bits per heavy atom. The van der Waals surface area contributed by atoms with E-state index >= 15 is 0 Å². The molecule has 3 heterocycles. The third kappa shape index (κ3) is 6.53. The van der Waals surface area contributed by atoms with Crippen LogP contribution in [-0.2, 0) is 18.9 Å². The van der Waals surface area contributed by atoms with E-state index in [-0.39, 0.29) is 6.61 Å². The second kappa shape index (κ2) is 12.4. The smallest absolute Gasteiger partial charge is 0.187 e. The van der Waals surface area contributed by atoms with Crippen LogP contribution in [0.15, 0.2) is 0 Å². The first-order valence-corrected chi connectivity index (χ1v) is 10.0. The molecular weight excluding hydrogens is 460 g/mol. The van der Waals surface area contributed by atoms with Crippen LogP contribution in [-0.4, -0.2) is 167 Å². The van der Waals surface area contributed by atoms with Crippen LogP contribution < -0.4 is 0 Å². The van der Waals surface area contributed by atoms with Gasteiger partial charge in [0.2, 0.25) is 0 Å². The summed E-state index contributed by atoms with van der Waals surface area (Å²) in [6.45, 7) is -1.50. The highest BCUT2D eigenvalue weighted by Crippen LogP contribution is 2.28. The molecule has 3 rings (SSSR count). The molecule has 33 heavy (non-hydrogen) atoms. The minimum Gasteiger partial charge on any atom is -0.394 e. The predicted octanol–water partition coefficient (Wildman–Crippen LogP) is -7.98. The van der Waals surface area contributed by atoms with Crippen molar-refractivity contribution < 1.29 is 80.2 Å². The fourth-order valence-corrected chi connectivity index (χ4v) is 3.36. The standard InChI is InChI=1S/C12H22O11.C5H10O5/c13-1-3-5(15)6(16)9(19)12(22-3)23-10-4(2-14)21-11(20)8(18)7(10)17;6-2-1-10-5(9)4(8)3(2)7/h3-20H,1-2H2;2-9H,1H2/t3-,4-,5+,6+,7-,8-,9-,10-,11-,12+;2-,3+,4-,5?/m11/s1. The first kappa shape index (κ1) is 28.6. The van der Waals surface area contributed by atoms with E-state index in [1.165, 1.54) is 0 Å². The van der Waals surface area contributed by atoms with Gasteiger partial charge in [-0.2, -0.15) is 0 Å². The van der Waals surface area contributed by atoms with Crippen LogP contribution in [0.3, 0.4) is 0 Å². The third-order valence-corrected chi connectivity index (χ3v) is 5.45. The van der Waals surface area contributed by atoms with E-state index in [9.17, 15) is 35.7 Å². The van der Waals surface area contributed by atoms with E-state index in [1.807, 2.05) is 0 Å². The molecule has 16 heteroatoms. The molecule has 14 atom stereocenters. The first-order valence-electron chi connectivity index (χ1n) is 10.0. The van der Waals surface area contributed by atoms with Crippen molar-refractivity contribution in [2.45, 2.75) is 86.0 Å². The van der Waals surface area contributed by atoms with E-state index in [0.717, 1.165) is 0 Å². The molecule has 3 aliphatic heterocycles. The Morgan fingerprint density at radius 1 is 0.576 bits per heavy atom. The molecule has 0 aromatic heterocycles. The number of rotatable bonds is 4. The second-order valence-corrected chi connectivity index (χ2v) is 7.80. The van der Waals surface area contributed by atoms with Gasteiger partial charge in [0.05, 0.1) is 19.8 Å². The summed E-state index contributed by atoms with van der Waals surface area (Å²) >= 11 is 0. The Hall–Kier alpha value is -0.640. The molecule has 196 valence electrons. The number of ether oxygens (including phenoxy) is 4. The van der Waals surface area contributed by atoms with Gasteiger partial charge in [-0.1, -0.05) is 0 Å². The van der Waals surface area contributed by atoms with Crippen molar-refractivity contribution in [1.29, 1.82) is 0 Å². The lowest BCUT2D eigenvalue weighted by molar-refractivity contribution is -0.355. The third-order valence-electron chi connectivity index (χ3n) is 5.45. The van der Waals surface area contributed by atoms with Gasteiger partial charge in [-0.15, -0.1) is 0 Å². The highest BCUT2D eigenvalue weighted by Gasteiger charge is 2.50. The van der Waals surface area contributed by atoms with Gasteiger partial charge >= 0.3 is 0 Å². The molecule has 0 saturated carbocycles. The highest BCUT2D eigenvalue weighted by atomic mass is 16.7. The topological polar surface area (TPSA) is 280 Å². The van der Waals surface area contributed by atoms with Crippen LogP contribution in [0.4, 0.5) is 0 Å². The van der Waals surface area contributed by atoms with Gasteiger partial charge in [-0.05, 0) is 0 Å². The lowest BCUT2D eigenvalue weighted by Crippen LogP contribution is -2.64. The van der Waals surface area contributed by atoms with Crippen molar-refractivity contribution in [2.75, 3.05) is 19.8 Å². The number of aliphatic hydroxyl groups is 12. The summed E-state index contributed by atoms with van der Waals surface area (Å²) in [7, 11) is 0. The quantitative estimate of drug-likeness (QED) is 0.173. The number of aliphatic hydroxyl groups excluding tert-OH is 12. The zero-order valence-corrected chi connectivity index (χ0v) is 17.2. The maximum Gasteiger partial charge on any atom is 0.187 e. The molecule has 0 amide bonds. The Morgan fingerprint density at radius 3 is 1.70 bits per heavy atom. The molecular formula is C17H32O16. The molecule has 16 nitrogen and oxygen atoms in total. The van der Waals surface area contributed by atoms with Crippen molar-refractivity contribution in [3.05, 3.63) is 0 Å². The molecule has 3 fully saturated rings. The minimum absolute atomic E-state index is 0.153. The minimum atomic E-state index is -1.74. The zero-order chi connectivity index (χ0) is 25.0. The van der Waals surface area contributed by atoms with Crippen molar-refractivity contribution in [2.24, 2.45) is 0 Å². The normalized spacial score (nSPS) is 50.9. The Kier molecular flexibility index (Phi) is 10.7. The predicted molar refractivity (Wildman–Crippen MR) is 98.6 cm³/mol. The molecule has 0 aliphatic carbocycles. The van der Waals surface area contributed by atoms with Crippen molar-refractivity contribution in [1.82, 2.24) is 0 Å². The van der Waals surface area contributed by atoms with Crippen molar-refractivity contribution >= 4 is 0 Å². The van der Waals surface area contributed by atoms with Crippen LogP contribution in [0.25, 0.3) is 0 Å². The monoisotopic (exact) mass is 492 g/mol. The fraction of sp³-hybridized carbons (Fsp3) is 1.00. The maximum atomic E-state index is 9.94. The zero-order valence-electron chi connectivity index (χ0n) is 17.2. The van der Waals surface area contributed by atoms with Gasteiger partial charge in [0.25, 0.3) is 0 Å². The molecule has 0 radical (unpaired) electrons. The summed E-state index contributed by atoms with van der Waals surface area (Å²) in [6, 6.07) is 0. The fourth-order valence-electron chi connectivity index (χ4n) is 3.36. The van der Waals surface area contributed by atoms with Crippen LogP contribution >= 0.6 is 0 Å². The molecule has 1 unspecified atom stereocenters. The highest BCUT2D eigenvalue weighted by molar-refractivity contribution is 4.93. The molecule has 0 spiro atoms. The van der Waals surface area contributed by atoms with E-state index in [0.29, 0.717) is 0 Å². The van der Waals surface area contributed by atoms with E-state index in [4.69, 9.17) is 39.7 Å². The molecule has 3 aliphatic rings. The molecule has 12 N–H and O–H groups in total. The molecule has 0 aromatic carbocycles. The van der Waals surface area contributed by atoms with Crippen LogP contribution in [0.2, 0.25) is 0 Å². The van der Waals surface area contributed by atoms with E-state index in [1.54, 1.807) is 0 Å². The lowest BCUT2D eigenvalue weighted by atomic mass is 9.97. The number of hydrogen-bond acceptors (Lipinski definition) is 16. The summed E-state index contributed by atoms with van der Waals surface area (Å²) in [6.07, 6.45) is -20.8. The summed E-state index contributed by atoms with van der Waals surface area (Å²) in [5, 5.41) is 112. The summed E-state index contributed by atoms with van der Waals surface area (Å²) in [4.78, 5) is 0. The SMILES string of the molecule is OC1OC[C@@H](O)[C@H](O)[C@H]1O.OC[C@H]1O[C@@H](O[C@H]2[C@H](O)[C@@H](O)[C@H](O)O[C@@H]2CO)[C@H](O)[C@@H](O)[C@H]1O. The summed E-state index contributed by atoms with van der Waals surface area (Å²) < 4.78 is 19.7. The Labute approximate surface area is 187 Å². The van der Waals surface area contributed by atoms with E-state index in [2.05, 4.69) is 4.74 Å². The Balaban J connectivity index is 0.000000321. The molecule has 0 bridgehead atoms. The van der Waals surface area contributed by atoms with Crippen molar-refractivity contribution in [3.63, 3.8) is 0 Å². The largest absolute Gasteiger partial charge is 0.394 e. The van der Waals surface area contributed by atoms with Crippen LogP contribution in [0.1, 0.15) is 0 Å². The number of hydrogen-bond donors (Lipinski definition) is 12. The first-order chi connectivity index (χ1) is 15.4. The van der Waals surface area contributed by atoms with Crippen molar-refractivity contribution in [3.8, 4) is 0 Å². The van der Waals surface area contributed by atoms with Crippen LogP contribution in [0.5, 0.6) is 0 Å². The maximum absolute atomic E-state index is 9.94. The average molecular weight is 492 g/mol. The average Bonchev–Trinajstić information content (AvgIpc) is 2.80.